The molecule has 3 aliphatic rings. The number of phenols is 1. The standard InChI is InChI=1S/C34H44N4O4S2/c1-3-23-7-9-27(39)19-28(40)10-8-25-18-31(42-2)30(41)17-26(25)15-24-16-29(33(35)37-20-24)32(44-43-21-23)34(11-5-4-6-12-34)38-14-13-36-22-38/h8,10,13-14,16-18,20,22-23,32-33,37,41H,3-7,9,11-12,15,19,21,35H2,1-2H3/b10-8+/t23-,32-,33?/m0/s1. The summed E-state index contributed by atoms with van der Waals surface area (Å²) < 4.78 is 7.69. The topological polar surface area (TPSA) is 119 Å². The summed E-state index contributed by atoms with van der Waals surface area (Å²) in [6, 6.07) is 3.43. The number of rotatable bonds is 4. The van der Waals surface area contributed by atoms with Crippen LogP contribution in [0.3, 0.4) is 0 Å². The number of aromatic nitrogens is 2. The number of carbonyl (C=O) groups is 2. The Morgan fingerprint density at radius 2 is 2.00 bits per heavy atom. The minimum absolute atomic E-state index is 0.0265. The van der Waals surface area contributed by atoms with Gasteiger partial charge in [-0.15, -0.1) is 0 Å². The summed E-state index contributed by atoms with van der Waals surface area (Å²) in [4.78, 5) is 30.0. The Balaban J connectivity index is 1.58. The number of aromatic hydroxyl groups is 1. The summed E-state index contributed by atoms with van der Waals surface area (Å²) in [5.74, 6) is 1.41. The average Bonchev–Trinajstić information content (AvgIpc) is 3.57. The van der Waals surface area contributed by atoms with E-state index in [9.17, 15) is 14.7 Å². The van der Waals surface area contributed by atoms with E-state index in [1.807, 2.05) is 40.3 Å². The van der Waals surface area contributed by atoms with Gasteiger partial charge in [-0.05, 0) is 72.1 Å². The Morgan fingerprint density at radius 1 is 1.18 bits per heavy atom. The molecule has 2 bridgehead atoms. The maximum Gasteiger partial charge on any atom is 0.163 e. The molecule has 0 spiro atoms. The number of ether oxygens (including phenoxy) is 1. The van der Waals surface area contributed by atoms with Crippen molar-refractivity contribution in [3.05, 3.63) is 71.5 Å². The number of dihydropyridines is 1. The minimum Gasteiger partial charge on any atom is -0.504 e. The third-order valence-corrected chi connectivity index (χ3v) is 12.3. The van der Waals surface area contributed by atoms with E-state index in [1.54, 1.807) is 18.2 Å². The zero-order chi connectivity index (χ0) is 31.1. The number of hydrogen-bond donors (Lipinski definition) is 3. The third-order valence-electron chi connectivity index (χ3n) is 9.22. The molecule has 4 N–H and O–H groups in total. The van der Waals surface area contributed by atoms with Crippen LogP contribution in [0.2, 0.25) is 0 Å². The van der Waals surface area contributed by atoms with Crippen LogP contribution in [0.4, 0.5) is 0 Å². The molecule has 236 valence electrons. The number of hydrogen-bond acceptors (Lipinski definition) is 9. The largest absolute Gasteiger partial charge is 0.504 e. The highest BCUT2D eigenvalue weighted by molar-refractivity contribution is 8.77. The number of ketones is 2. The number of nitrogens with zero attached hydrogens (tertiary/aromatic N) is 2. The molecule has 0 saturated heterocycles. The van der Waals surface area contributed by atoms with Gasteiger partial charge < -0.3 is 25.5 Å². The van der Waals surface area contributed by atoms with E-state index in [1.165, 1.54) is 19.6 Å². The van der Waals surface area contributed by atoms with Gasteiger partial charge in [-0.2, -0.15) is 0 Å². The Hall–Kier alpha value is -2.95. The zero-order valence-corrected chi connectivity index (χ0v) is 27.3. The van der Waals surface area contributed by atoms with Crippen molar-refractivity contribution in [2.75, 3.05) is 12.9 Å². The highest BCUT2D eigenvalue weighted by atomic mass is 33.1. The molecule has 1 unspecified atom stereocenters. The number of benzene rings is 1. The quantitative estimate of drug-likeness (QED) is 0.262. The van der Waals surface area contributed by atoms with Crippen molar-refractivity contribution in [1.82, 2.24) is 14.9 Å². The molecule has 1 aliphatic carbocycles. The van der Waals surface area contributed by atoms with Crippen molar-refractivity contribution < 1.29 is 19.4 Å². The Labute approximate surface area is 268 Å². The molecule has 1 saturated carbocycles. The van der Waals surface area contributed by atoms with Gasteiger partial charge in [0.05, 0.1) is 36.8 Å². The lowest BCUT2D eigenvalue weighted by Crippen LogP contribution is -2.51. The van der Waals surface area contributed by atoms with E-state index >= 15 is 0 Å². The predicted octanol–water partition coefficient (Wildman–Crippen LogP) is 6.31. The molecule has 1 aromatic heterocycles. The first kappa shape index (κ1) is 32.4. The second-order valence-electron chi connectivity index (χ2n) is 12.1. The first-order valence-electron chi connectivity index (χ1n) is 15.6. The van der Waals surface area contributed by atoms with E-state index in [0.717, 1.165) is 66.6 Å². The van der Waals surface area contributed by atoms with Crippen LogP contribution in [0.15, 0.2) is 60.4 Å². The summed E-state index contributed by atoms with van der Waals surface area (Å²) in [6.45, 7) is 2.18. The maximum atomic E-state index is 12.8. The van der Waals surface area contributed by atoms with Crippen LogP contribution >= 0.6 is 21.6 Å². The Bertz CT molecular complexity index is 1410. The summed E-state index contributed by atoms with van der Waals surface area (Å²) >= 11 is 0. The predicted molar refractivity (Wildman–Crippen MR) is 179 cm³/mol. The molecule has 1 fully saturated rings. The SMILES string of the molecule is CC[C@H]1CCC(=O)CC(=O)/C=C/c2cc(OC)c(O)cc2CC2=CNC(N)C(=C2)[C@@H](C2(n3ccnc3)CCCCC2)SSC1. The van der Waals surface area contributed by atoms with Crippen molar-refractivity contribution in [3.63, 3.8) is 0 Å². The van der Waals surface area contributed by atoms with Gasteiger partial charge in [0.2, 0.25) is 0 Å². The fourth-order valence-corrected chi connectivity index (χ4v) is 10.4. The highest BCUT2D eigenvalue weighted by Crippen LogP contribution is 2.50. The van der Waals surface area contributed by atoms with Crippen LogP contribution in [0, 0.1) is 5.92 Å². The van der Waals surface area contributed by atoms with E-state index < -0.39 is 0 Å². The van der Waals surface area contributed by atoms with Gasteiger partial charge in [0.25, 0.3) is 0 Å². The van der Waals surface area contributed by atoms with Gasteiger partial charge in [-0.3, -0.25) is 9.59 Å². The molecule has 8 nitrogen and oxygen atoms in total. The smallest absolute Gasteiger partial charge is 0.163 e. The second kappa shape index (κ2) is 14.9. The van der Waals surface area contributed by atoms with Crippen LogP contribution in [-0.2, 0) is 21.5 Å². The van der Waals surface area contributed by atoms with Gasteiger partial charge >= 0.3 is 0 Å². The summed E-state index contributed by atoms with van der Waals surface area (Å²) in [6.07, 6.45) is 21.2. The normalized spacial score (nSPS) is 25.8. The van der Waals surface area contributed by atoms with Gasteiger partial charge in [-0.1, -0.05) is 66.3 Å². The molecule has 2 aromatic rings. The summed E-state index contributed by atoms with van der Waals surface area (Å²) in [5, 5.41) is 14.2. The molecule has 0 radical (unpaired) electrons. The van der Waals surface area contributed by atoms with Crippen molar-refractivity contribution in [2.24, 2.45) is 11.7 Å². The second-order valence-corrected chi connectivity index (χ2v) is 14.6. The molecule has 0 amide bonds. The molecular weight excluding hydrogens is 593 g/mol. The fraction of sp³-hybridized carbons (Fsp3) is 0.500. The number of imidazole rings is 1. The van der Waals surface area contributed by atoms with Crippen LogP contribution < -0.4 is 15.8 Å². The molecule has 3 atom stereocenters. The van der Waals surface area contributed by atoms with E-state index in [4.69, 9.17) is 10.5 Å². The van der Waals surface area contributed by atoms with Crippen LogP contribution in [0.5, 0.6) is 11.5 Å². The highest BCUT2D eigenvalue weighted by Gasteiger charge is 2.45. The number of phenolic OH excluding ortho intramolecular Hbond substituents is 1. The van der Waals surface area contributed by atoms with E-state index in [0.29, 0.717) is 24.5 Å². The molecule has 44 heavy (non-hydrogen) atoms. The lowest BCUT2D eigenvalue weighted by Gasteiger charge is -2.46. The van der Waals surface area contributed by atoms with Crippen LogP contribution in [0.1, 0.15) is 75.8 Å². The monoisotopic (exact) mass is 636 g/mol. The maximum absolute atomic E-state index is 12.8. The summed E-state index contributed by atoms with van der Waals surface area (Å²) in [7, 11) is 5.27. The van der Waals surface area contributed by atoms with Crippen LogP contribution in [0.25, 0.3) is 6.08 Å². The third kappa shape index (κ3) is 7.46. The Kier molecular flexibility index (Phi) is 11.0. The first-order chi connectivity index (χ1) is 21.3. The minimum atomic E-state index is -0.342. The van der Waals surface area contributed by atoms with Crippen molar-refractivity contribution in [2.45, 2.75) is 88.1 Å². The molecule has 10 heteroatoms. The molecule has 5 rings (SSSR count). The van der Waals surface area contributed by atoms with E-state index in [-0.39, 0.29) is 40.7 Å². The van der Waals surface area contributed by atoms with Gasteiger partial charge in [-0.25, -0.2) is 4.98 Å². The Morgan fingerprint density at radius 3 is 2.73 bits per heavy atom. The molecule has 3 heterocycles. The zero-order valence-electron chi connectivity index (χ0n) is 25.7. The lowest BCUT2D eigenvalue weighted by molar-refractivity contribution is -0.124. The van der Waals surface area contributed by atoms with Gasteiger partial charge in [0.15, 0.2) is 17.3 Å². The number of methoxy groups -OCH3 is 1. The summed E-state index contributed by atoms with van der Waals surface area (Å²) in [5.41, 5.74) is 10.4. The number of nitrogens with one attached hydrogen (secondary N) is 1. The van der Waals surface area contributed by atoms with Gasteiger partial charge in [0, 0.05) is 30.8 Å². The van der Waals surface area contributed by atoms with Gasteiger partial charge in [0.1, 0.15) is 5.78 Å². The number of Topliss-reactive ketones (excluding diaryl/α,β-unsaturated/α-hetero) is 1. The lowest BCUT2D eigenvalue weighted by atomic mass is 9.75. The van der Waals surface area contributed by atoms with E-state index in [2.05, 4.69) is 34.1 Å². The number of carbonyl (C=O) groups excluding carboxylic acids is 2. The number of allylic oxidation sites excluding steroid dienone is 3. The van der Waals surface area contributed by atoms with Crippen molar-refractivity contribution in [3.8, 4) is 11.5 Å². The van der Waals surface area contributed by atoms with Crippen LogP contribution in [-0.4, -0.2) is 50.5 Å². The molecule has 1 aromatic carbocycles. The average molecular weight is 637 g/mol. The molecule has 2 aliphatic heterocycles. The fourth-order valence-electron chi connectivity index (χ4n) is 6.59. The van der Waals surface area contributed by atoms with Crippen molar-refractivity contribution in [1.29, 1.82) is 0 Å². The van der Waals surface area contributed by atoms with Crippen molar-refractivity contribution >= 4 is 39.2 Å². The first-order valence-corrected chi connectivity index (χ1v) is 18.0. The number of fused-ring (bicyclic) bond motifs is 2. The number of nitrogens with two attached hydrogens (primary N) is 1. The molecular formula is C34H44N4O4S2.